The van der Waals surface area contributed by atoms with Gasteiger partial charge in [0, 0.05) is 21.3 Å². The topological polar surface area (TPSA) is 111 Å². The lowest BCUT2D eigenvalue weighted by atomic mass is 9.99. The molecule has 4 aliphatic rings. The predicted octanol–water partition coefficient (Wildman–Crippen LogP) is 3.61. The van der Waals surface area contributed by atoms with Crippen molar-refractivity contribution in [2.24, 2.45) is 0 Å². The van der Waals surface area contributed by atoms with Gasteiger partial charge in [-0.3, -0.25) is 0 Å². The third kappa shape index (κ3) is 6.80. The van der Waals surface area contributed by atoms with Crippen molar-refractivity contribution in [1.29, 1.82) is 0 Å². The summed E-state index contributed by atoms with van der Waals surface area (Å²) in [6.07, 6.45) is -6.03. The van der Waals surface area contributed by atoms with Gasteiger partial charge in [-0.05, 0) is 47.1 Å². The van der Waals surface area contributed by atoms with Gasteiger partial charge in [-0.2, -0.15) is 0 Å². The molecular formula is C31H46O12. The molecule has 8 atom stereocenters. The van der Waals surface area contributed by atoms with Crippen LogP contribution < -0.4 is 0 Å². The molecule has 1 aromatic rings. The third-order valence-corrected chi connectivity index (χ3v) is 7.93. The van der Waals surface area contributed by atoms with Crippen molar-refractivity contribution in [1.82, 2.24) is 0 Å². The number of benzene rings is 1. The minimum atomic E-state index is -1.62. The van der Waals surface area contributed by atoms with Crippen molar-refractivity contribution < 1.29 is 56.8 Å². The van der Waals surface area contributed by atoms with Gasteiger partial charge in [0.05, 0.1) is 13.2 Å². The summed E-state index contributed by atoms with van der Waals surface area (Å²) in [4.78, 5) is 0. The van der Waals surface area contributed by atoms with Crippen LogP contribution in [0.25, 0.3) is 0 Å². The van der Waals surface area contributed by atoms with Gasteiger partial charge in [0.15, 0.2) is 23.5 Å². The van der Waals surface area contributed by atoms with E-state index in [0.29, 0.717) is 5.76 Å². The van der Waals surface area contributed by atoms with Crippen molar-refractivity contribution in [3.05, 3.63) is 48.2 Å². The van der Waals surface area contributed by atoms with E-state index in [-0.39, 0.29) is 13.2 Å². The van der Waals surface area contributed by atoms with Crippen LogP contribution in [0.2, 0.25) is 0 Å². The monoisotopic (exact) mass is 610 g/mol. The van der Waals surface area contributed by atoms with Crippen LogP contribution in [0.4, 0.5) is 0 Å². The molecule has 0 N–H and O–H groups in total. The third-order valence-electron chi connectivity index (χ3n) is 7.93. The molecule has 0 spiro atoms. The van der Waals surface area contributed by atoms with E-state index in [1.54, 1.807) is 13.8 Å². The zero-order valence-corrected chi connectivity index (χ0v) is 26.5. The fourth-order valence-corrected chi connectivity index (χ4v) is 6.07. The van der Waals surface area contributed by atoms with Crippen LogP contribution in [0.5, 0.6) is 0 Å². The summed E-state index contributed by atoms with van der Waals surface area (Å²) in [5.74, 6) is -4.06. The maximum Gasteiger partial charge on any atom is 0.313 e. The Morgan fingerprint density at radius 3 is 2.12 bits per heavy atom. The molecule has 0 unspecified atom stereocenters. The second-order valence-corrected chi connectivity index (χ2v) is 12.4. The summed E-state index contributed by atoms with van der Waals surface area (Å²) in [7, 11) is 4.40. The van der Waals surface area contributed by atoms with Gasteiger partial charge >= 0.3 is 5.97 Å². The van der Waals surface area contributed by atoms with E-state index in [9.17, 15) is 0 Å². The highest BCUT2D eigenvalue weighted by atomic mass is 16.9. The van der Waals surface area contributed by atoms with Crippen molar-refractivity contribution >= 4 is 0 Å². The highest BCUT2D eigenvalue weighted by Gasteiger charge is 2.62. The van der Waals surface area contributed by atoms with E-state index in [4.69, 9.17) is 56.8 Å². The average molecular weight is 611 g/mol. The maximum atomic E-state index is 6.83. The Kier molecular flexibility index (Phi) is 9.32. The largest absolute Gasteiger partial charge is 0.464 e. The molecule has 4 aliphatic heterocycles. The summed E-state index contributed by atoms with van der Waals surface area (Å²) >= 11 is 0. The molecule has 0 amide bonds. The van der Waals surface area contributed by atoms with E-state index in [0.717, 1.165) is 5.56 Å². The van der Waals surface area contributed by atoms with E-state index >= 15 is 0 Å². The first-order valence-corrected chi connectivity index (χ1v) is 14.6. The number of fused-ring (bicyclic) bond motifs is 1. The normalized spacial score (nSPS) is 35.5. The Labute approximate surface area is 253 Å². The molecule has 5 rings (SSSR count). The molecular weight excluding hydrogens is 564 g/mol. The first-order chi connectivity index (χ1) is 20.2. The molecule has 4 fully saturated rings. The van der Waals surface area contributed by atoms with Crippen LogP contribution in [-0.2, 0) is 63.4 Å². The number of methoxy groups -OCH3 is 3. The first-order valence-electron chi connectivity index (χ1n) is 14.6. The molecule has 0 aliphatic carbocycles. The molecule has 0 saturated carbocycles. The average Bonchev–Trinajstić information content (AvgIpc) is 3.60. The number of ether oxygens (including phenoxy) is 12. The Balaban J connectivity index is 1.50. The molecule has 12 heteroatoms. The van der Waals surface area contributed by atoms with Gasteiger partial charge < -0.3 is 56.8 Å². The molecule has 1 aromatic carbocycles. The maximum absolute atomic E-state index is 6.83. The quantitative estimate of drug-likeness (QED) is 0.341. The Bertz CT molecular complexity index is 1090. The number of rotatable bonds is 11. The molecule has 0 aromatic heterocycles. The SMILES string of the molecule is C=C1O[C@@H](O[C@@H]([C@@H]2OC(C)(C)O[C@H]2C(OC)(OC)OC)[C@H]2COC(C)(C)O2)[C@H](OCc2ccccc2)[C@H]2OC(C)(C)O[C@@H]12. The molecule has 0 bridgehead atoms. The van der Waals surface area contributed by atoms with Crippen LogP contribution in [0.3, 0.4) is 0 Å². The van der Waals surface area contributed by atoms with Crippen LogP contribution in [0.15, 0.2) is 42.7 Å². The lowest BCUT2D eigenvalue weighted by molar-refractivity contribution is -0.398. The van der Waals surface area contributed by atoms with Gasteiger partial charge in [0.2, 0.25) is 6.29 Å². The highest BCUT2D eigenvalue weighted by molar-refractivity contribution is 5.14. The summed E-state index contributed by atoms with van der Waals surface area (Å²) < 4.78 is 74.3. The summed E-state index contributed by atoms with van der Waals surface area (Å²) in [6.45, 7) is 15.6. The second-order valence-electron chi connectivity index (χ2n) is 12.4. The van der Waals surface area contributed by atoms with Crippen molar-refractivity contribution in [2.75, 3.05) is 27.9 Å². The van der Waals surface area contributed by atoms with Gasteiger partial charge in [-0.1, -0.05) is 36.9 Å². The smallest absolute Gasteiger partial charge is 0.313 e. The van der Waals surface area contributed by atoms with Crippen LogP contribution in [0, 0.1) is 0 Å². The molecule has 12 nitrogen and oxygen atoms in total. The molecule has 4 saturated heterocycles. The fraction of sp³-hybridized carbons (Fsp3) is 0.742. The van der Waals surface area contributed by atoms with Gasteiger partial charge in [0.1, 0.15) is 42.4 Å². The van der Waals surface area contributed by atoms with Crippen molar-refractivity contribution in [3.8, 4) is 0 Å². The number of hydrogen-bond acceptors (Lipinski definition) is 12. The fourth-order valence-electron chi connectivity index (χ4n) is 6.07. The lowest BCUT2D eigenvalue weighted by Crippen LogP contribution is -2.60. The minimum absolute atomic E-state index is 0.215. The standard InChI is InChI=1S/C31H46O12/c1-18-21-23(41-29(4,5)40-21)25(35-16-19-14-12-11-13-15-19)27(37-18)38-22(20-17-36-28(2,3)39-20)24-26(43-30(6,7)42-24)31(32-8,33-9)34-10/h11-15,20-27H,1,16-17H2,2-10H3/t20-,21+,22-,23+,24+,25-,26-,27+/m1/s1. The van der Waals surface area contributed by atoms with Gasteiger partial charge in [-0.15, -0.1) is 0 Å². The summed E-state index contributed by atoms with van der Waals surface area (Å²) in [6, 6.07) is 9.82. The zero-order chi connectivity index (χ0) is 31.2. The molecule has 0 radical (unpaired) electrons. The Morgan fingerprint density at radius 2 is 1.51 bits per heavy atom. The molecule has 4 heterocycles. The Hall–Kier alpha value is -1.68. The summed E-state index contributed by atoms with van der Waals surface area (Å²) in [5, 5.41) is 0. The summed E-state index contributed by atoms with van der Waals surface area (Å²) in [5.41, 5.74) is 0.977. The second kappa shape index (κ2) is 12.3. The van der Waals surface area contributed by atoms with E-state index in [1.807, 2.05) is 58.0 Å². The van der Waals surface area contributed by atoms with Gasteiger partial charge in [0.25, 0.3) is 0 Å². The van der Waals surface area contributed by atoms with E-state index in [2.05, 4.69) is 6.58 Å². The lowest BCUT2D eigenvalue weighted by Gasteiger charge is -2.43. The van der Waals surface area contributed by atoms with Crippen molar-refractivity contribution in [2.45, 2.75) is 121 Å². The van der Waals surface area contributed by atoms with E-state index < -0.39 is 72.4 Å². The van der Waals surface area contributed by atoms with Crippen molar-refractivity contribution in [3.63, 3.8) is 0 Å². The van der Waals surface area contributed by atoms with Gasteiger partial charge in [-0.25, -0.2) is 0 Å². The highest BCUT2D eigenvalue weighted by Crippen LogP contribution is 2.44. The number of hydrogen-bond donors (Lipinski definition) is 0. The predicted molar refractivity (Wildman–Crippen MR) is 150 cm³/mol. The minimum Gasteiger partial charge on any atom is -0.464 e. The molecule has 242 valence electrons. The van der Waals surface area contributed by atoms with Crippen LogP contribution in [-0.4, -0.2) is 100 Å². The Morgan fingerprint density at radius 1 is 0.860 bits per heavy atom. The molecule has 43 heavy (non-hydrogen) atoms. The van der Waals surface area contributed by atoms with E-state index in [1.165, 1.54) is 21.3 Å². The van der Waals surface area contributed by atoms with Crippen LogP contribution in [0.1, 0.15) is 47.1 Å². The van der Waals surface area contributed by atoms with Crippen LogP contribution >= 0.6 is 0 Å². The first kappa shape index (κ1) is 32.7. The zero-order valence-electron chi connectivity index (χ0n) is 26.5.